The van der Waals surface area contributed by atoms with Gasteiger partial charge in [-0.15, -0.1) is 0 Å². The number of benzene rings is 1. The standard InChI is InChI=1S/C14H21O6P/c1-3-19-21(17,20-4-2)11-5-10-18-13-8-6-12(7-9-13)14(15)16/h6-9H,3-5,10-11H2,1-2H3,(H,15,16). The summed E-state index contributed by atoms with van der Waals surface area (Å²) in [6.45, 7) is 4.58. The molecule has 0 amide bonds. The minimum atomic E-state index is -3.02. The maximum atomic E-state index is 12.2. The van der Waals surface area contributed by atoms with Gasteiger partial charge < -0.3 is 18.9 Å². The van der Waals surface area contributed by atoms with Crippen molar-refractivity contribution >= 4 is 13.6 Å². The Bertz CT molecular complexity index is 475. The predicted octanol–water partition coefficient (Wildman–Crippen LogP) is 3.42. The Hall–Kier alpha value is -1.36. The number of rotatable bonds is 10. The second-order valence-electron chi connectivity index (χ2n) is 4.20. The van der Waals surface area contributed by atoms with Gasteiger partial charge in [0.2, 0.25) is 0 Å². The van der Waals surface area contributed by atoms with Crippen molar-refractivity contribution in [3.63, 3.8) is 0 Å². The molecule has 1 aromatic rings. The molecular formula is C14H21O6P. The first kappa shape index (κ1) is 17.7. The number of hydrogen-bond acceptors (Lipinski definition) is 5. The van der Waals surface area contributed by atoms with E-state index in [2.05, 4.69) is 0 Å². The van der Waals surface area contributed by atoms with Gasteiger partial charge in [0.1, 0.15) is 5.75 Å². The van der Waals surface area contributed by atoms with Crippen molar-refractivity contribution < 1.29 is 28.3 Å². The van der Waals surface area contributed by atoms with E-state index < -0.39 is 13.6 Å². The molecule has 6 nitrogen and oxygen atoms in total. The van der Waals surface area contributed by atoms with Gasteiger partial charge in [-0.3, -0.25) is 4.57 Å². The van der Waals surface area contributed by atoms with E-state index in [-0.39, 0.29) is 5.56 Å². The third-order valence-electron chi connectivity index (χ3n) is 2.60. The first-order chi connectivity index (χ1) is 10.0. The average molecular weight is 316 g/mol. The quantitative estimate of drug-likeness (QED) is 0.526. The highest BCUT2D eigenvalue weighted by molar-refractivity contribution is 7.53. The van der Waals surface area contributed by atoms with Gasteiger partial charge in [-0.1, -0.05) is 0 Å². The van der Waals surface area contributed by atoms with Crippen LogP contribution in [0.2, 0.25) is 0 Å². The Kier molecular flexibility index (Phi) is 7.43. The summed E-state index contributed by atoms with van der Waals surface area (Å²) in [5, 5.41) is 8.78. The lowest BCUT2D eigenvalue weighted by Crippen LogP contribution is -2.05. The molecule has 0 aliphatic carbocycles. The van der Waals surface area contributed by atoms with Gasteiger partial charge in [0, 0.05) is 0 Å². The summed E-state index contributed by atoms with van der Waals surface area (Å²) in [6, 6.07) is 6.13. The van der Waals surface area contributed by atoms with Gasteiger partial charge in [-0.25, -0.2) is 4.79 Å². The number of carboxylic acid groups (broad SMARTS) is 1. The summed E-state index contributed by atoms with van der Waals surface area (Å²) in [5.74, 6) is -0.404. The van der Waals surface area contributed by atoms with Crippen LogP contribution < -0.4 is 4.74 Å². The molecule has 0 aliphatic rings. The minimum Gasteiger partial charge on any atom is -0.494 e. The van der Waals surface area contributed by atoms with Crippen LogP contribution in [-0.2, 0) is 13.6 Å². The van der Waals surface area contributed by atoms with Crippen LogP contribution in [0.3, 0.4) is 0 Å². The molecule has 0 saturated heterocycles. The first-order valence-corrected chi connectivity index (χ1v) is 8.58. The Morgan fingerprint density at radius 3 is 2.19 bits per heavy atom. The topological polar surface area (TPSA) is 82.1 Å². The molecule has 1 N–H and O–H groups in total. The first-order valence-electron chi connectivity index (χ1n) is 6.85. The van der Waals surface area contributed by atoms with Gasteiger partial charge in [-0.2, -0.15) is 0 Å². The van der Waals surface area contributed by atoms with Crippen molar-refractivity contribution in [2.45, 2.75) is 20.3 Å². The number of ether oxygens (including phenoxy) is 1. The van der Waals surface area contributed by atoms with Crippen molar-refractivity contribution in [2.75, 3.05) is 26.0 Å². The molecule has 7 heteroatoms. The van der Waals surface area contributed by atoms with E-state index in [1.807, 2.05) is 0 Å². The lowest BCUT2D eigenvalue weighted by molar-refractivity contribution is 0.0697. The molecule has 1 rings (SSSR count). The van der Waals surface area contributed by atoms with E-state index >= 15 is 0 Å². The van der Waals surface area contributed by atoms with E-state index in [0.29, 0.717) is 38.2 Å². The second-order valence-corrected chi connectivity index (χ2v) is 6.39. The molecule has 0 heterocycles. The molecule has 0 unspecified atom stereocenters. The second kappa shape index (κ2) is 8.82. The summed E-state index contributed by atoms with van der Waals surface area (Å²) in [7, 11) is -3.02. The lowest BCUT2D eigenvalue weighted by Gasteiger charge is -2.16. The van der Waals surface area contributed by atoms with Gasteiger partial charge in [0.25, 0.3) is 0 Å². The zero-order chi connectivity index (χ0) is 15.7. The van der Waals surface area contributed by atoms with Crippen LogP contribution in [0.15, 0.2) is 24.3 Å². The third kappa shape index (κ3) is 6.29. The molecule has 0 atom stereocenters. The van der Waals surface area contributed by atoms with E-state index in [0.717, 1.165) is 0 Å². The molecule has 0 saturated carbocycles. The van der Waals surface area contributed by atoms with Crippen molar-refractivity contribution in [2.24, 2.45) is 0 Å². The Morgan fingerprint density at radius 2 is 1.71 bits per heavy atom. The number of aromatic carboxylic acids is 1. The highest BCUT2D eigenvalue weighted by Crippen LogP contribution is 2.48. The number of carboxylic acids is 1. The Labute approximate surface area is 124 Å². The molecule has 118 valence electrons. The van der Waals surface area contributed by atoms with Crippen molar-refractivity contribution in [3.05, 3.63) is 29.8 Å². The lowest BCUT2D eigenvalue weighted by atomic mass is 10.2. The van der Waals surface area contributed by atoms with E-state index in [4.69, 9.17) is 18.9 Å². The molecule has 0 bridgehead atoms. The summed E-state index contributed by atoms with van der Waals surface area (Å²) >= 11 is 0. The zero-order valence-corrected chi connectivity index (χ0v) is 13.2. The molecular weight excluding hydrogens is 295 g/mol. The molecule has 0 fully saturated rings. The molecule has 0 aliphatic heterocycles. The van der Waals surface area contributed by atoms with Crippen LogP contribution in [0.1, 0.15) is 30.6 Å². The average Bonchev–Trinajstić information content (AvgIpc) is 2.45. The minimum absolute atomic E-state index is 0.208. The fourth-order valence-electron chi connectivity index (χ4n) is 1.70. The SMILES string of the molecule is CCOP(=O)(CCCOc1ccc(C(=O)O)cc1)OCC. The predicted molar refractivity (Wildman–Crippen MR) is 79.2 cm³/mol. The summed E-state index contributed by atoms with van der Waals surface area (Å²) in [5.41, 5.74) is 0.208. The highest BCUT2D eigenvalue weighted by Gasteiger charge is 2.22. The van der Waals surface area contributed by atoms with Gasteiger partial charge in [0.15, 0.2) is 0 Å². The fourth-order valence-corrected chi connectivity index (χ4v) is 3.34. The van der Waals surface area contributed by atoms with E-state index in [9.17, 15) is 9.36 Å². The third-order valence-corrected chi connectivity index (χ3v) is 4.77. The van der Waals surface area contributed by atoms with Gasteiger partial charge >= 0.3 is 13.6 Å². The molecule has 0 radical (unpaired) electrons. The van der Waals surface area contributed by atoms with Crippen molar-refractivity contribution in [3.8, 4) is 5.75 Å². The summed E-state index contributed by atoms with van der Waals surface area (Å²) < 4.78 is 28.0. The summed E-state index contributed by atoms with van der Waals surface area (Å²) in [6.07, 6.45) is 0.819. The van der Waals surface area contributed by atoms with Crippen LogP contribution in [0.4, 0.5) is 0 Å². The molecule has 21 heavy (non-hydrogen) atoms. The van der Waals surface area contributed by atoms with Crippen molar-refractivity contribution in [1.82, 2.24) is 0 Å². The monoisotopic (exact) mass is 316 g/mol. The largest absolute Gasteiger partial charge is 0.494 e. The van der Waals surface area contributed by atoms with E-state index in [1.54, 1.807) is 26.0 Å². The number of hydrogen-bond donors (Lipinski definition) is 1. The zero-order valence-electron chi connectivity index (χ0n) is 12.3. The van der Waals surface area contributed by atoms with Gasteiger partial charge in [-0.05, 0) is 44.5 Å². The van der Waals surface area contributed by atoms with Crippen LogP contribution in [0.25, 0.3) is 0 Å². The van der Waals surface area contributed by atoms with Crippen LogP contribution in [0, 0.1) is 0 Å². The smallest absolute Gasteiger partial charge is 0.335 e. The van der Waals surface area contributed by atoms with Gasteiger partial charge in [0.05, 0.1) is 31.5 Å². The van der Waals surface area contributed by atoms with Crippen LogP contribution in [-0.4, -0.2) is 37.1 Å². The Balaban J connectivity index is 2.39. The molecule has 1 aromatic carbocycles. The van der Waals surface area contributed by atoms with Crippen LogP contribution in [0.5, 0.6) is 5.75 Å². The number of carbonyl (C=O) groups is 1. The molecule has 0 aromatic heterocycles. The Morgan fingerprint density at radius 1 is 1.14 bits per heavy atom. The molecule has 0 spiro atoms. The summed E-state index contributed by atoms with van der Waals surface area (Å²) in [4.78, 5) is 10.7. The maximum Gasteiger partial charge on any atom is 0.335 e. The van der Waals surface area contributed by atoms with Crippen LogP contribution >= 0.6 is 7.60 Å². The maximum absolute atomic E-state index is 12.2. The normalized spacial score (nSPS) is 11.3. The highest BCUT2D eigenvalue weighted by atomic mass is 31.2. The van der Waals surface area contributed by atoms with E-state index in [1.165, 1.54) is 12.1 Å². The van der Waals surface area contributed by atoms with Crippen molar-refractivity contribution in [1.29, 1.82) is 0 Å². The fraction of sp³-hybridized carbons (Fsp3) is 0.500.